The highest BCUT2D eigenvalue weighted by atomic mass is 16.4. The number of Topliss-reactive ketones (excluding diaryl/α,β-unsaturated/α-hetero) is 1. The molecule has 0 aromatic carbocycles. The molecule has 1 aliphatic carbocycles. The molecule has 12 heavy (non-hydrogen) atoms. The Labute approximate surface area is 69.9 Å². The highest BCUT2D eigenvalue weighted by Crippen LogP contribution is 2.35. The summed E-state index contributed by atoms with van der Waals surface area (Å²) < 4.78 is 0. The van der Waals surface area contributed by atoms with Gasteiger partial charge in [0.15, 0.2) is 0 Å². The van der Waals surface area contributed by atoms with E-state index in [0.717, 1.165) is 0 Å². The molecule has 1 saturated carbocycles. The fourth-order valence-electron chi connectivity index (χ4n) is 2.27. The predicted octanol–water partition coefficient (Wildman–Crippen LogP) is -0.362. The van der Waals surface area contributed by atoms with Crippen molar-refractivity contribution in [3.63, 3.8) is 0 Å². The minimum Gasteiger partial charge on any atom is -0.480 e. The molecule has 0 unspecified atom stereocenters. The number of carbonyl (C=O) groups is 2. The van der Waals surface area contributed by atoms with E-state index < -0.39 is 12.0 Å². The monoisotopic (exact) mass is 169 g/mol. The number of carbonyl (C=O) groups excluding carboxylic acids is 1. The Balaban J connectivity index is 2.13. The molecule has 0 radical (unpaired) electrons. The van der Waals surface area contributed by atoms with Crippen LogP contribution in [0.2, 0.25) is 0 Å². The first kappa shape index (κ1) is 7.73. The van der Waals surface area contributed by atoms with Gasteiger partial charge in [-0.2, -0.15) is 0 Å². The number of carboxylic acid groups (broad SMARTS) is 1. The zero-order chi connectivity index (χ0) is 8.72. The van der Waals surface area contributed by atoms with E-state index in [2.05, 4.69) is 5.32 Å². The highest BCUT2D eigenvalue weighted by molar-refractivity contribution is 5.84. The van der Waals surface area contributed by atoms with E-state index >= 15 is 0 Å². The Morgan fingerprint density at radius 3 is 2.92 bits per heavy atom. The number of ketones is 1. The van der Waals surface area contributed by atoms with E-state index in [9.17, 15) is 9.59 Å². The van der Waals surface area contributed by atoms with Crippen LogP contribution >= 0.6 is 0 Å². The van der Waals surface area contributed by atoms with Crippen LogP contribution in [-0.4, -0.2) is 29.4 Å². The number of carboxylic acids is 1. The van der Waals surface area contributed by atoms with E-state index in [4.69, 9.17) is 5.11 Å². The third-order valence-corrected chi connectivity index (χ3v) is 2.85. The quantitative estimate of drug-likeness (QED) is 0.562. The second-order valence-corrected chi connectivity index (χ2v) is 3.60. The molecule has 1 aliphatic heterocycles. The molecule has 1 saturated heterocycles. The molecule has 4 heteroatoms. The average molecular weight is 169 g/mol. The lowest BCUT2D eigenvalue weighted by molar-refractivity contribution is -0.140. The molecule has 2 rings (SSSR count). The van der Waals surface area contributed by atoms with Crippen molar-refractivity contribution in [3.05, 3.63) is 0 Å². The summed E-state index contributed by atoms with van der Waals surface area (Å²) in [6.07, 6.45) is 1.02. The third kappa shape index (κ3) is 1.03. The maximum Gasteiger partial charge on any atom is 0.321 e. The summed E-state index contributed by atoms with van der Waals surface area (Å²) in [4.78, 5) is 21.7. The molecule has 0 aromatic heterocycles. The van der Waals surface area contributed by atoms with Gasteiger partial charge < -0.3 is 10.4 Å². The molecule has 0 amide bonds. The van der Waals surface area contributed by atoms with Gasteiger partial charge in [0.2, 0.25) is 0 Å². The standard InChI is InChI=1S/C8H11NO3/c10-5-1-4-3-9-7(8(11)12)6(4)2-5/h4,6-7,9H,1-3H2,(H,11,12)/t4-,6-,7-/m1/s1. The number of nitrogens with one attached hydrogen (secondary N) is 1. The maximum atomic E-state index is 11.0. The van der Waals surface area contributed by atoms with Gasteiger partial charge in [-0.3, -0.25) is 9.59 Å². The molecule has 2 N–H and O–H groups in total. The van der Waals surface area contributed by atoms with Gasteiger partial charge in [0.05, 0.1) is 0 Å². The Bertz CT molecular complexity index is 238. The Hall–Kier alpha value is -0.900. The van der Waals surface area contributed by atoms with E-state index in [-0.39, 0.29) is 17.6 Å². The smallest absolute Gasteiger partial charge is 0.321 e. The van der Waals surface area contributed by atoms with Crippen molar-refractivity contribution >= 4 is 11.8 Å². The van der Waals surface area contributed by atoms with Gasteiger partial charge in [-0.25, -0.2) is 0 Å². The molecule has 0 bridgehead atoms. The molecular formula is C8H11NO3. The van der Waals surface area contributed by atoms with E-state index in [1.54, 1.807) is 0 Å². The summed E-state index contributed by atoms with van der Waals surface area (Å²) in [6, 6.07) is -0.485. The van der Waals surface area contributed by atoms with Crippen LogP contribution in [0.4, 0.5) is 0 Å². The van der Waals surface area contributed by atoms with Crippen molar-refractivity contribution < 1.29 is 14.7 Å². The Morgan fingerprint density at radius 2 is 2.25 bits per heavy atom. The van der Waals surface area contributed by atoms with Crippen LogP contribution in [0.5, 0.6) is 0 Å². The number of rotatable bonds is 1. The minimum absolute atomic E-state index is 0.0509. The predicted molar refractivity (Wildman–Crippen MR) is 40.6 cm³/mol. The molecule has 66 valence electrons. The van der Waals surface area contributed by atoms with E-state index in [1.807, 2.05) is 0 Å². The molecule has 3 atom stereocenters. The molecule has 2 fully saturated rings. The van der Waals surface area contributed by atoms with Crippen molar-refractivity contribution in [1.29, 1.82) is 0 Å². The van der Waals surface area contributed by atoms with Crippen LogP contribution in [0, 0.1) is 11.8 Å². The fraction of sp³-hybridized carbons (Fsp3) is 0.750. The molecular weight excluding hydrogens is 158 g/mol. The lowest BCUT2D eigenvalue weighted by Crippen LogP contribution is -2.35. The number of hydrogen-bond donors (Lipinski definition) is 2. The first-order chi connectivity index (χ1) is 5.68. The van der Waals surface area contributed by atoms with E-state index in [1.165, 1.54) is 0 Å². The molecule has 0 aromatic rings. The molecule has 4 nitrogen and oxygen atoms in total. The Kier molecular flexibility index (Phi) is 1.65. The summed E-state index contributed by atoms with van der Waals surface area (Å²) in [5.41, 5.74) is 0. The molecule has 1 heterocycles. The zero-order valence-electron chi connectivity index (χ0n) is 6.62. The Morgan fingerprint density at radius 1 is 1.50 bits per heavy atom. The van der Waals surface area contributed by atoms with Crippen LogP contribution < -0.4 is 5.32 Å². The fourth-order valence-corrected chi connectivity index (χ4v) is 2.27. The molecule has 2 aliphatic rings. The van der Waals surface area contributed by atoms with Gasteiger partial charge in [0, 0.05) is 12.8 Å². The summed E-state index contributed by atoms with van der Waals surface area (Å²) in [6.45, 7) is 0.688. The van der Waals surface area contributed by atoms with Gasteiger partial charge in [0.1, 0.15) is 11.8 Å². The number of aliphatic carboxylic acids is 1. The van der Waals surface area contributed by atoms with Gasteiger partial charge in [0.25, 0.3) is 0 Å². The second kappa shape index (κ2) is 2.55. The largest absolute Gasteiger partial charge is 0.480 e. The lowest BCUT2D eigenvalue weighted by Gasteiger charge is -2.11. The summed E-state index contributed by atoms with van der Waals surface area (Å²) >= 11 is 0. The summed E-state index contributed by atoms with van der Waals surface area (Å²) in [5.74, 6) is -0.274. The van der Waals surface area contributed by atoms with Gasteiger partial charge in [-0.1, -0.05) is 0 Å². The van der Waals surface area contributed by atoms with Gasteiger partial charge in [-0.15, -0.1) is 0 Å². The SMILES string of the molecule is O=C1C[C@@H]2CN[C@@H](C(=O)O)[C@@H]2C1. The summed E-state index contributed by atoms with van der Waals surface area (Å²) in [5, 5.41) is 11.7. The first-order valence-corrected chi connectivity index (χ1v) is 4.16. The topological polar surface area (TPSA) is 66.4 Å². The van der Waals surface area contributed by atoms with Crippen LogP contribution in [-0.2, 0) is 9.59 Å². The highest BCUT2D eigenvalue weighted by Gasteiger charge is 2.45. The van der Waals surface area contributed by atoms with Crippen LogP contribution in [0.25, 0.3) is 0 Å². The zero-order valence-corrected chi connectivity index (χ0v) is 6.62. The van der Waals surface area contributed by atoms with Gasteiger partial charge in [-0.05, 0) is 18.4 Å². The average Bonchev–Trinajstić information content (AvgIpc) is 2.43. The van der Waals surface area contributed by atoms with Crippen molar-refractivity contribution in [3.8, 4) is 0 Å². The molecule has 0 spiro atoms. The van der Waals surface area contributed by atoms with E-state index in [0.29, 0.717) is 19.4 Å². The summed E-state index contributed by atoms with van der Waals surface area (Å²) in [7, 11) is 0. The number of fused-ring (bicyclic) bond motifs is 1. The third-order valence-electron chi connectivity index (χ3n) is 2.85. The van der Waals surface area contributed by atoms with Crippen molar-refractivity contribution in [2.45, 2.75) is 18.9 Å². The van der Waals surface area contributed by atoms with Gasteiger partial charge >= 0.3 is 5.97 Å². The lowest BCUT2D eigenvalue weighted by atomic mass is 9.94. The number of hydrogen-bond acceptors (Lipinski definition) is 3. The van der Waals surface area contributed by atoms with Crippen LogP contribution in [0.3, 0.4) is 0 Å². The normalized spacial score (nSPS) is 40.0. The van der Waals surface area contributed by atoms with Crippen molar-refractivity contribution in [1.82, 2.24) is 5.32 Å². The van der Waals surface area contributed by atoms with Crippen molar-refractivity contribution in [2.75, 3.05) is 6.54 Å². The van der Waals surface area contributed by atoms with Crippen LogP contribution in [0.1, 0.15) is 12.8 Å². The maximum absolute atomic E-state index is 11.0. The first-order valence-electron chi connectivity index (χ1n) is 4.16. The second-order valence-electron chi connectivity index (χ2n) is 3.60. The van der Waals surface area contributed by atoms with Crippen LogP contribution in [0.15, 0.2) is 0 Å². The van der Waals surface area contributed by atoms with Crippen molar-refractivity contribution in [2.24, 2.45) is 11.8 Å². The minimum atomic E-state index is -0.822.